The molecule has 1 fully saturated rings. The van der Waals surface area contributed by atoms with Gasteiger partial charge in [0.15, 0.2) is 6.23 Å². The Hall–Kier alpha value is -3.25. The number of amides is 2. The number of nitrogens with one attached hydrogen (secondary N) is 2. The third-order valence-electron chi connectivity index (χ3n) is 6.65. The number of aliphatic hydroxyl groups is 2. The Balaban J connectivity index is 1.21. The second kappa shape index (κ2) is 11.0. The van der Waals surface area contributed by atoms with E-state index in [0.29, 0.717) is 42.9 Å². The van der Waals surface area contributed by atoms with Gasteiger partial charge in [0.25, 0.3) is 0 Å². The van der Waals surface area contributed by atoms with Crippen LogP contribution in [0, 0.1) is 0 Å². The molecular weight excluding hydrogens is 474 g/mol. The number of ether oxygens (including phenoxy) is 1. The van der Waals surface area contributed by atoms with E-state index < -0.39 is 24.5 Å². The number of aromatic nitrogens is 3. The largest absolute Gasteiger partial charge is 0.387 e. The predicted octanol–water partition coefficient (Wildman–Crippen LogP) is 2.07. The minimum Gasteiger partial charge on any atom is -0.387 e. The molecule has 200 valence electrons. The van der Waals surface area contributed by atoms with Crippen molar-refractivity contribution < 1.29 is 19.7 Å². The van der Waals surface area contributed by atoms with Crippen LogP contribution in [0.3, 0.4) is 0 Å². The lowest BCUT2D eigenvalue weighted by molar-refractivity contribution is -0.0419. The summed E-state index contributed by atoms with van der Waals surface area (Å²) in [6.07, 6.45) is 0.231. The van der Waals surface area contributed by atoms with E-state index >= 15 is 0 Å². The van der Waals surface area contributed by atoms with Crippen LogP contribution in [0.2, 0.25) is 0 Å². The van der Waals surface area contributed by atoms with Crippen molar-refractivity contribution in [3.8, 4) is 0 Å². The molecule has 0 radical (unpaired) electrons. The molecule has 4 rings (SSSR count). The molecule has 11 nitrogen and oxygen atoms in total. The van der Waals surface area contributed by atoms with Crippen LogP contribution < -0.4 is 16.4 Å². The Bertz CT molecular complexity index is 1210. The van der Waals surface area contributed by atoms with Gasteiger partial charge in [0.05, 0.1) is 5.39 Å². The molecule has 2 aromatic heterocycles. The predicted molar refractivity (Wildman–Crippen MR) is 142 cm³/mol. The lowest BCUT2D eigenvalue weighted by atomic mass is 9.87. The lowest BCUT2D eigenvalue weighted by Gasteiger charge is -2.23. The summed E-state index contributed by atoms with van der Waals surface area (Å²) in [5, 5.41) is 27.6. The highest BCUT2D eigenvalue weighted by Gasteiger charge is 2.44. The highest BCUT2D eigenvalue weighted by Crippen LogP contribution is 2.33. The number of urea groups is 1. The molecule has 0 saturated carbocycles. The van der Waals surface area contributed by atoms with Crippen LogP contribution in [0.25, 0.3) is 11.0 Å². The van der Waals surface area contributed by atoms with E-state index in [1.54, 1.807) is 16.8 Å². The van der Waals surface area contributed by atoms with Gasteiger partial charge >= 0.3 is 6.03 Å². The van der Waals surface area contributed by atoms with E-state index in [4.69, 9.17) is 10.5 Å². The molecule has 1 aliphatic rings. The van der Waals surface area contributed by atoms with Gasteiger partial charge in [-0.1, -0.05) is 32.9 Å². The first-order valence-electron chi connectivity index (χ1n) is 12.5. The highest BCUT2D eigenvalue weighted by molar-refractivity contribution is 5.89. The van der Waals surface area contributed by atoms with Gasteiger partial charge in [-0.05, 0) is 49.2 Å². The molecule has 0 spiro atoms. The van der Waals surface area contributed by atoms with E-state index in [0.717, 1.165) is 5.69 Å². The molecule has 2 unspecified atom stereocenters. The summed E-state index contributed by atoms with van der Waals surface area (Å²) >= 11 is 0. The first-order chi connectivity index (χ1) is 17.5. The molecule has 2 amide bonds. The summed E-state index contributed by atoms with van der Waals surface area (Å²) in [4.78, 5) is 22.4. The van der Waals surface area contributed by atoms with Crippen molar-refractivity contribution in [2.45, 2.75) is 57.1 Å². The van der Waals surface area contributed by atoms with E-state index in [9.17, 15) is 15.0 Å². The number of anilines is 2. The molecule has 3 heterocycles. The number of rotatable bonds is 8. The molecule has 6 N–H and O–H groups in total. The number of aliphatic hydroxyl groups excluding tert-OH is 2. The number of nitrogen functional groups attached to an aromatic ring is 1. The molecular formula is C26H37N7O4. The number of hydrogen-bond acceptors (Lipinski definition) is 8. The van der Waals surface area contributed by atoms with E-state index in [1.165, 1.54) is 11.9 Å². The van der Waals surface area contributed by atoms with Crippen molar-refractivity contribution in [2.24, 2.45) is 0 Å². The maximum atomic E-state index is 12.2. The number of likely N-dealkylation sites (N-methyl/N-ethyl adjacent to an activating group) is 1. The molecule has 4 atom stereocenters. The summed E-state index contributed by atoms with van der Waals surface area (Å²) in [6, 6.07) is 9.36. The zero-order valence-corrected chi connectivity index (χ0v) is 21.8. The van der Waals surface area contributed by atoms with Crippen LogP contribution >= 0.6 is 0 Å². The Morgan fingerprint density at radius 1 is 1.16 bits per heavy atom. The first-order valence-corrected chi connectivity index (χ1v) is 12.5. The van der Waals surface area contributed by atoms with Gasteiger partial charge in [0.2, 0.25) is 0 Å². The Labute approximate surface area is 216 Å². The molecule has 1 saturated heterocycles. The average molecular weight is 512 g/mol. The van der Waals surface area contributed by atoms with Crippen LogP contribution in [0.15, 0.2) is 42.9 Å². The number of nitrogens with two attached hydrogens (primary N) is 1. The molecule has 11 heteroatoms. The number of hydrogen-bond donors (Lipinski definition) is 5. The topological polar surface area (TPSA) is 151 Å². The molecule has 0 aliphatic carbocycles. The van der Waals surface area contributed by atoms with Gasteiger partial charge < -0.3 is 40.8 Å². The van der Waals surface area contributed by atoms with Gasteiger partial charge in [-0.2, -0.15) is 0 Å². The lowest BCUT2D eigenvalue weighted by Crippen LogP contribution is -2.39. The van der Waals surface area contributed by atoms with E-state index in [1.807, 2.05) is 36.2 Å². The Kier molecular flexibility index (Phi) is 7.98. The third-order valence-corrected chi connectivity index (χ3v) is 6.65. The van der Waals surface area contributed by atoms with Crippen molar-refractivity contribution in [2.75, 3.05) is 37.7 Å². The summed E-state index contributed by atoms with van der Waals surface area (Å²) in [5.41, 5.74) is 8.45. The first kappa shape index (κ1) is 26.8. The monoisotopic (exact) mass is 511 g/mol. The van der Waals surface area contributed by atoms with Crippen molar-refractivity contribution >= 4 is 28.6 Å². The normalized spacial score (nSPS) is 22.0. The minimum atomic E-state index is -1.12. The summed E-state index contributed by atoms with van der Waals surface area (Å²) in [6.45, 7) is 8.02. The van der Waals surface area contributed by atoms with Crippen molar-refractivity contribution in [1.29, 1.82) is 0 Å². The van der Waals surface area contributed by atoms with Crippen LogP contribution in [-0.2, 0) is 10.2 Å². The summed E-state index contributed by atoms with van der Waals surface area (Å²) < 4.78 is 7.70. The molecule has 37 heavy (non-hydrogen) atoms. The SMILES string of the molecule is CN(CCCNC(=O)Nc1ccc(C(C)(C)C)cc1)CC1OC(n2ccc3c(N)ncnc32)[C@H](O)[C@@H]1O. The van der Waals surface area contributed by atoms with Crippen molar-refractivity contribution in [3.05, 3.63) is 48.4 Å². The zero-order valence-electron chi connectivity index (χ0n) is 21.8. The fourth-order valence-corrected chi connectivity index (χ4v) is 4.48. The maximum absolute atomic E-state index is 12.2. The zero-order chi connectivity index (χ0) is 26.7. The third kappa shape index (κ3) is 6.19. The number of fused-ring (bicyclic) bond motifs is 1. The molecule has 1 aliphatic heterocycles. The van der Waals surface area contributed by atoms with Crippen LogP contribution in [0.4, 0.5) is 16.3 Å². The number of carbonyl (C=O) groups excluding carboxylic acids is 1. The quantitative estimate of drug-likeness (QED) is 0.288. The summed E-state index contributed by atoms with van der Waals surface area (Å²) in [5.74, 6) is 0.341. The van der Waals surface area contributed by atoms with Crippen molar-refractivity contribution in [1.82, 2.24) is 24.8 Å². The van der Waals surface area contributed by atoms with E-state index in [-0.39, 0.29) is 11.4 Å². The fourth-order valence-electron chi connectivity index (χ4n) is 4.48. The molecule has 1 aromatic carbocycles. The Morgan fingerprint density at radius 3 is 2.59 bits per heavy atom. The van der Waals surface area contributed by atoms with E-state index in [2.05, 4.69) is 41.4 Å². The van der Waals surface area contributed by atoms with Crippen LogP contribution in [0.1, 0.15) is 39.0 Å². The Morgan fingerprint density at radius 2 is 1.89 bits per heavy atom. The fraction of sp³-hybridized carbons (Fsp3) is 0.500. The van der Waals surface area contributed by atoms with Gasteiger partial charge in [-0.25, -0.2) is 14.8 Å². The number of nitrogens with zero attached hydrogens (tertiary/aromatic N) is 4. The molecule has 0 bridgehead atoms. The second-order valence-corrected chi connectivity index (χ2v) is 10.6. The van der Waals surface area contributed by atoms with Gasteiger partial charge in [-0.3, -0.25) is 0 Å². The van der Waals surface area contributed by atoms with Gasteiger partial charge in [0.1, 0.15) is 36.1 Å². The average Bonchev–Trinajstić information content (AvgIpc) is 3.39. The smallest absolute Gasteiger partial charge is 0.319 e. The highest BCUT2D eigenvalue weighted by atomic mass is 16.6. The molecule has 3 aromatic rings. The summed E-state index contributed by atoms with van der Waals surface area (Å²) in [7, 11) is 1.91. The standard InChI is InChI=1S/C26H37N7O4/c1-26(2,3)16-6-8-17(9-7-16)31-25(36)28-11-5-12-32(4)14-19-20(34)21(35)24(37-19)33-13-10-18-22(27)29-15-30-23(18)33/h6-10,13,15,19-21,24,34-35H,5,11-12,14H2,1-4H3,(H2,27,29,30)(H2,28,31,36)/t19?,20-,21-,24?/m1/s1. The van der Waals surface area contributed by atoms with Gasteiger partial charge in [0, 0.05) is 25.0 Å². The number of carbonyl (C=O) groups is 1. The van der Waals surface area contributed by atoms with Crippen LogP contribution in [-0.4, -0.2) is 80.7 Å². The van der Waals surface area contributed by atoms with Crippen LogP contribution in [0.5, 0.6) is 0 Å². The van der Waals surface area contributed by atoms with Crippen molar-refractivity contribution in [3.63, 3.8) is 0 Å². The number of benzene rings is 1. The second-order valence-electron chi connectivity index (χ2n) is 10.6. The minimum absolute atomic E-state index is 0.0610. The van der Waals surface area contributed by atoms with Gasteiger partial charge in [-0.15, -0.1) is 0 Å². The maximum Gasteiger partial charge on any atom is 0.319 e.